The van der Waals surface area contributed by atoms with Crippen LogP contribution in [0.15, 0.2) is 36.4 Å². The number of benzene rings is 2. The zero-order chi connectivity index (χ0) is 25.4. The van der Waals surface area contributed by atoms with Crippen LogP contribution in [0.4, 0.5) is 0 Å². The van der Waals surface area contributed by atoms with Crippen molar-refractivity contribution in [3.63, 3.8) is 0 Å². The van der Waals surface area contributed by atoms with Gasteiger partial charge < -0.3 is 24.3 Å². The van der Waals surface area contributed by atoms with Gasteiger partial charge in [-0.05, 0) is 119 Å². The molecule has 0 bridgehead atoms. The van der Waals surface area contributed by atoms with Crippen molar-refractivity contribution in [3.8, 4) is 22.8 Å². The first-order chi connectivity index (χ1) is 18.1. The smallest absolute Gasteiger partial charge is 0.161 e. The second kappa shape index (κ2) is 10.7. The summed E-state index contributed by atoms with van der Waals surface area (Å²) in [5, 5.41) is 1.34. The number of likely N-dealkylation sites (tertiary alicyclic amines) is 2. The number of hydrogen-bond acceptors (Lipinski definition) is 4. The van der Waals surface area contributed by atoms with E-state index in [4.69, 9.17) is 9.47 Å². The second-order valence-electron chi connectivity index (χ2n) is 11.5. The van der Waals surface area contributed by atoms with E-state index < -0.39 is 0 Å². The number of aromatic nitrogens is 1. The van der Waals surface area contributed by atoms with Crippen molar-refractivity contribution in [1.82, 2.24) is 14.8 Å². The van der Waals surface area contributed by atoms with Crippen LogP contribution in [0, 0.1) is 6.92 Å². The Bertz CT molecular complexity index is 1210. The standard InChI is InChI=1S/C32H43N3O2/c1-22-28-20-24(8-10-29(28)33-32(22)25-9-11-30(36-2)31(21-25)37-3)23-12-16-34(17-13-23)27-14-18-35(19-15-27)26-6-4-5-7-26/h8-11,20-21,23,26-27,33H,4-7,12-19H2,1-3H3. The minimum atomic E-state index is 0.665. The fourth-order valence-corrected chi connectivity index (χ4v) is 7.36. The Hall–Kier alpha value is -2.50. The number of aryl methyl sites for hydroxylation is 1. The lowest BCUT2D eigenvalue weighted by molar-refractivity contribution is 0.0696. The van der Waals surface area contributed by atoms with Crippen LogP contribution in [0.1, 0.15) is 68.4 Å². The number of rotatable bonds is 6. The maximum Gasteiger partial charge on any atom is 0.161 e. The molecule has 1 saturated carbocycles. The summed E-state index contributed by atoms with van der Waals surface area (Å²) in [6.45, 7) is 7.37. The largest absolute Gasteiger partial charge is 0.493 e. The molecule has 2 aliphatic heterocycles. The zero-order valence-electron chi connectivity index (χ0n) is 22.9. The normalized spacial score (nSPS) is 21.2. The van der Waals surface area contributed by atoms with E-state index in [1.165, 1.54) is 99.6 Å². The molecular formula is C32H43N3O2. The minimum Gasteiger partial charge on any atom is -0.493 e. The molecule has 3 aromatic rings. The number of H-pyrrole nitrogens is 1. The van der Waals surface area contributed by atoms with Crippen LogP contribution in [0.25, 0.3) is 22.2 Å². The highest BCUT2D eigenvalue weighted by atomic mass is 16.5. The van der Waals surface area contributed by atoms with Crippen molar-refractivity contribution >= 4 is 10.9 Å². The molecule has 2 saturated heterocycles. The molecule has 1 aromatic heterocycles. The van der Waals surface area contributed by atoms with Crippen molar-refractivity contribution in [2.45, 2.75) is 76.3 Å². The van der Waals surface area contributed by atoms with Crippen LogP contribution in [-0.2, 0) is 0 Å². The molecule has 1 aliphatic carbocycles. The van der Waals surface area contributed by atoms with E-state index in [0.29, 0.717) is 5.92 Å². The molecule has 6 rings (SSSR count). The van der Waals surface area contributed by atoms with Gasteiger partial charge in [0.25, 0.3) is 0 Å². The number of nitrogens with one attached hydrogen (secondary N) is 1. The predicted octanol–water partition coefficient (Wildman–Crippen LogP) is 6.75. The Morgan fingerprint density at radius 3 is 2.05 bits per heavy atom. The summed E-state index contributed by atoms with van der Waals surface area (Å²) in [5.74, 6) is 2.18. The Morgan fingerprint density at radius 2 is 1.38 bits per heavy atom. The first-order valence-electron chi connectivity index (χ1n) is 14.5. The first kappa shape index (κ1) is 24.8. The van der Waals surface area contributed by atoms with Gasteiger partial charge in [0, 0.05) is 34.2 Å². The van der Waals surface area contributed by atoms with Gasteiger partial charge in [-0.25, -0.2) is 0 Å². The van der Waals surface area contributed by atoms with Crippen molar-refractivity contribution in [3.05, 3.63) is 47.5 Å². The Balaban J connectivity index is 1.12. The van der Waals surface area contributed by atoms with Crippen LogP contribution in [-0.4, -0.2) is 67.3 Å². The lowest BCUT2D eigenvalue weighted by Gasteiger charge is -2.43. The molecule has 5 nitrogen and oxygen atoms in total. The highest BCUT2D eigenvalue weighted by Gasteiger charge is 2.31. The van der Waals surface area contributed by atoms with Crippen LogP contribution < -0.4 is 9.47 Å². The molecule has 2 aromatic carbocycles. The number of nitrogens with zero attached hydrogens (tertiary/aromatic N) is 2. The molecule has 0 amide bonds. The van der Waals surface area contributed by atoms with E-state index >= 15 is 0 Å². The van der Waals surface area contributed by atoms with E-state index in [-0.39, 0.29) is 0 Å². The minimum absolute atomic E-state index is 0.665. The third-order valence-electron chi connectivity index (χ3n) is 9.61. The summed E-state index contributed by atoms with van der Waals surface area (Å²) >= 11 is 0. The van der Waals surface area contributed by atoms with Gasteiger partial charge >= 0.3 is 0 Å². The van der Waals surface area contributed by atoms with Gasteiger partial charge in [-0.15, -0.1) is 0 Å². The second-order valence-corrected chi connectivity index (χ2v) is 11.5. The molecular weight excluding hydrogens is 458 g/mol. The van der Waals surface area contributed by atoms with Crippen LogP contribution in [0.2, 0.25) is 0 Å². The predicted molar refractivity (Wildman–Crippen MR) is 152 cm³/mol. The number of aromatic amines is 1. The van der Waals surface area contributed by atoms with E-state index in [1.807, 2.05) is 6.07 Å². The van der Waals surface area contributed by atoms with Crippen LogP contribution in [0.3, 0.4) is 0 Å². The fraction of sp³-hybridized carbons (Fsp3) is 0.562. The molecule has 5 heteroatoms. The molecule has 0 spiro atoms. The highest BCUT2D eigenvalue weighted by Crippen LogP contribution is 2.38. The van der Waals surface area contributed by atoms with Crippen molar-refractivity contribution in [1.29, 1.82) is 0 Å². The first-order valence-corrected chi connectivity index (χ1v) is 14.5. The molecule has 198 valence electrons. The highest BCUT2D eigenvalue weighted by molar-refractivity contribution is 5.91. The fourth-order valence-electron chi connectivity index (χ4n) is 7.36. The molecule has 3 aliphatic rings. The summed E-state index contributed by atoms with van der Waals surface area (Å²) in [6.07, 6.45) is 11.1. The monoisotopic (exact) mass is 501 g/mol. The number of methoxy groups -OCH3 is 2. The molecule has 0 unspecified atom stereocenters. The van der Waals surface area contributed by atoms with E-state index in [0.717, 1.165) is 34.8 Å². The van der Waals surface area contributed by atoms with Gasteiger partial charge in [0.2, 0.25) is 0 Å². The Kier molecular flexibility index (Phi) is 7.18. The maximum absolute atomic E-state index is 5.55. The Labute approximate surface area is 222 Å². The Morgan fingerprint density at radius 1 is 0.730 bits per heavy atom. The van der Waals surface area contributed by atoms with E-state index in [2.05, 4.69) is 52.0 Å². The summed E-state index contributed by atoms with van der Waals surface area (Å²) < 4.78 is 11.0. The molecule has 3 heterocycles. The van der Waals surface area contributed by atoms with Gasteiger partial charge in [0.15, 0.2) is 11.5 Å². The number of piperidine rings is 2. The topological polar surface area (TPSA) is 40.7 Å². The van der Waals surface area contributed by atoms with Crippen molar-refractivity contribution in [2.75, 3.05) is 40.4 Å². The molecule has 1 N–H and O–H groups in total. The number of ether oxygens (including phenoxy) is 2. The van der Waals surface area contributed by atoms with Gasteiger partial charge in [0.05, 0.1) is 14.2 Å². The molecule has 3 fully saturated rings. The van der Waals surface area contributed by atoms with Gasteiger partial charge in [0.1, 0.15) is 0 Å². The SMILES string of the molecule is COc1ccc(-c2[nH]c3ccc(C4CCN(C5CCN(C6CCCC6)CC5)CC4)cc3c2C)cc1OC. The van der Waals surface area contributed by atoms with Crippen LogP contribution in [0.5, 0.6) is 11.5 Å². The molecule has 37 heavy (non-hydrogen) atoms. The van der Waals surface area contributed by atoms with Gasteiger partial charge in [-0.2, -0.15) is 0 Å². The van der Waals surface area contributed by atoms with E-state index in [1.54, 1.807) is 14.2 Å². The quantitative estimate of drug-likeness (QED) is 0.406. The maximum atomic E-state index is 5.55. The van der Waals surface area contributed by atoms with Crippen molar-refractivity contribution in [2.24, 2.45) is 0 Å². The summed E-state index contributed by atoms with van der Waals surface area (Å²) in [5.41, 5.74) is 6.30. The summed E-state index contributed by atoms with van der Waals surface area (Å²) in [4.78, 5) is 9.29. The summed E-state index contributed by atoms with van der Waals surface area (Å²) in [6, 6.07) is 14.9. The van der Waals surface area contributed by atoms with E-state index in [9.17, 15) is 0 Å². The third kappa shape index (κ3) is 4.88. The van der Waals surface area contributed by atoms with Gasteiger partial charge in [-0.3, -0.25) is 0 Å². The zero-order valence-corrected chi connectivity index (χ0v) is 22.9. The summed E-state index contributed by atoms with van der Waals surface area (Å²) in [7, 11) is 3.37. The van der Waals surface area contributed by atoms with Gasteiger partial charge in [-0.1, -0.05) is 18.9 Å². The molecule has 0 atom stereocenters. The average molecular weight is 502 g/mol. The van der Waals surface area contributed by atoms with Crippen molar-refractivity contribution < 1.29 is 9.47 Å². The lowest BCUT2D eigenvalue weighted by Crippen LogP contribution is -2.49. The number of hydrogen-bond donors (Lipinski definition) is 1. The third-order valence-corrected chi connectivity index (χ3v) is 9.61. The van der Waals surface area contributed by atoms with Crippen LogP contribution >= 0.6 is 0 Å². The number of fused-ring (bicyclic) bond motifs is 1. The average Bonchev–Trinajstić information content (AvgIpc) is 3.61. The lowest BCUT2D eigenvalue weighted by atomic mass is 9.87. The molecule has 0 radical (unpaired) electrons.